The predicted octanol–water partition coefficient (Wildman–Crippen LogP) is 3.52. The second-order valence-corrected chi connectivity index (χ2v) is 7.08. The highest BCUT2D eigenvalue weighted by atomic mass is 31.1. The Bertz CT molecular complexity index is 742. The van der Waals surface area contributed by atoms with E-state index in [1.165, 1.54) is 5.30 Å². The Labute approximate surface area is 138 Å². The average Bonchev–Trinajstić information content (AvgIpc) is 2.64. The van der Waals surface area contributed by atoms with Crippen molar-refractivity contribution >= 4 is 36.2 Å². The quantitative estimate of drug-likeness (QED) is 0.673. The molecule has 3 rings (SSSR count). The molecule has 0 aliphatic rings. The lowest BCUT2D eigenvalue weighted by Crippen LogP contribution is -2.24. The molecular weight excluding hydrogens is 299 g/mol. The molecule has 0 fully saturated rings. The minimum Gasteiger partial charge on any atom is -0.256 e. The van der Waals surface area contributed by atoms with Gasteiger partial charge in [0.15, 0.2) is 0 Å². The molecule has 1 atom stereocenters. The molecule has 0 amide bonds. The van der Waals surface area contributed by atoms with E-state index in [-0.39, 0.29) is 0 Å². The molecular formula is C20H17N2P. The van der Waals surface area contributed by atoms with Gasteiger partial charge in [-0.15, -0.1) is 0 Å². The SMILES string of the molecule is C=Cc1ccc(P(c2ccccn2)c2ccc(C=C)cn2)cc1. The Morgan fingerprint density at radius 1 is 0.739 bits per heavy atom. The van der Waals surface area contributed by atoms with Gasteiger partial charge in [-0.05, 0) is 34.6 Å². The summed E-state index contributed by atoms with van der Waals surface area (Å²) in [5.74, 6) is 0. The van der Waals surface area contributed by atoms with Gasteiger partial charge in [0.1, 0.15) is 0 Å². The molecule has 112 valence electrons. The fraction of sp³-hybridized carbons (Fsp3) is 0. The van der Waals surface area contributed by atoms with Crippen molar-refractivity contribution in [2.24, 2.45) is 0 Å². The van der Waals surface area contributed by atoms with Crippen molar-refractivity contribution in [1.82, 2.24) is 9.97 Å². The highest BCUT2D eigenvalue weighted by Gasteiger charge is 2.18. The molecule has 1 aromatic carbocycles. The van der Waals surface area contributed by atoms with Crippen LogP contribution in [0.2, 0.25) is 0 Å². The van der Waals surface area contributed by atoms with Crippen LogP contribution in [0.1, 0.15) is 11.1 Å². The van der Waals surface area contributed by atoms with Crippen LogP contribution in [0.4, 0.5) is 0 Å². The molecule has 2 aromatic heterocycles. The second-order valence-electron chi connectivity index (χ2n) is 4.97. The molecule has 23 heavy (non-hydrogen) atoms. The smallest absolute Gasteiger partial charge is 0.0737 e. The van der Waals surface area contributed by atoms with Crippen molar-refractivity contribution in [3.05, 3.63) is 91.3 Å². The van der Waals surface area contributed by atoms with Crippen molar-refractivity contribution in [1.29, 1.82) is 0 Å². The molecule has 0 aliphatic heterocycles. The lowest BCUT2D eigenvalue weighted by Gasteiger charge is -2.17. The number of hydrogen-bond acceptors (Lipinski definition) is 2. The van der Waals surface area contributed by atoms with Gasteiger partial charge >= 0.3 is 0 Å². The number of benzene rings is 1. The maximum atomic E-state index is 4.64. The molecule has 3 aromatic rings. The Balaban J connectivity index is 2.08. The van der Waals surface area contributed by atoms with Gasteiger partial charge in [0, 0.05) is 20.3 Å². The van der Waals surface area contributed by atoms with Gasteiger partial charge in [0.25, 0.3) is 0 Å². The van der Waals surface area contributed by atoms with Crippen molar-refractivity contribution in [3.63, 3.8) is 0 Å². The van der Waals surface area contributed by atoms with E-state index < -0.39 is 7.92 Å². The molecule has 0 spiro atoms. The number of pyridine rings is 2. The summed E-state index contributed by atoms with van der Waals surface area (Å²) in [6, 6.07) is 18.6. The van der Waals surface area contributed by atoms with Gasteiger partial charge in [-0.2, -0.15) is 0 Å². The normalized spacial score (nSPS) is 11.7. The van der Waals surface area contributed by atoms with Gasteiger partial charge in [-0.3, -0.25) is 9.97 Å². The standard InChI is InChI=1S/C20H17N2P/c1-3-16-8-11-18(12-9-16)23(19-7-5-6-14-21-19)20-13-10-17(4-2)15-22-20/h3-15H,1-2H2. The third-order valence-electron chi connectivity index (χ3n) is 3.50. The summed E-state index contributed by atoms with van der Waals surface area (Å²) in [5.41, 5.74) is 4.22. The van der Waals surface area contributed by atoms with E-state index in [9.17, 15) is 0 Å². The van der Waals surface area contributed by atoms with E-state index in [1.54, 1.807) is 6.08 Å². The molecule has 1 unspecified atom stereocenters. The Morgan fingerprint density at radius 3 is 2.00 bits per heavy atom. The molecule has 2 nitrogen and oxygen atoms in total. The first kappa shape index (κ1) is 15.3. The fourth-order valence-corrected chi connectivity index (χ4v) is 4.30. The summed E-state index contributed by atoms with van der Waals surface area (Å²) in [7, 11) is -0.772. The monoisotopic (exact) mass is 316 g/mol. The van der Waals surface area contributed by atoms with Crippen LogP contribution >= 0.6 is 7.92 Å². The van der Waals surface area contributed by atoms with Crippen LogP contribution < -0.4 is 16.2 Å². The van der Waals surface area contributed by atoms with E-state index in [1.807, 2.05) is 36.7 Å². The first-order valence-corrected chi connectivity index (χ1v) is 8.68. The highest BCUT2D eigenvalue weighted by molar-refractivity contribution is 7.79. The number of hydrogen-bond donors (Lipinski definition) is 0. The summed E-state index contributed by atoms with van der Waals surface area (Å²) in [4.78, 5) is 9.21. The Morgan fingerprint density at radius 2 is 1.43 bits per heavy atom. The van der Waals surface area contributed by atoms with Crippen molar-refractivity contribution < 1.29 is 0 Å². The van der Waals surface area contributed by atoms with Crippen molar-refractivity contribution in [2.75, 3.05) is 0 Å². The zero-order valence-corrected chi connectivity index (χ0v) is 13.7. The third kappa shape index (κ3) is 3.44. The van der Waals surface area contributed by atoms with Crippen LogP contribution in [-0.2, 0) is 0 Å². The van der Waals surface area contributed by atoms with E-state index in [0.29, 0.717) is 0 Å². The van der Waals surface area contributed by atoms with Crippen LogP contribution in [0.5, 0.6) is 0 Å². The van der Waals surface area contributed by atoms with Crippen LogP contribution in [0.15, 0.2) is 80.1 Å². The lowest BCUT2D eigenvalue weighted by molar-refractivity contribution is 1.36. The molecule has 0 saturated carbocycles. The largest absolute Gasteiger partial charge is 0.256 e. The van der Waals surface area contributed by atoms with Crippen LogP contribution in [0.3, 0.4) is 0 Å². The van der Waals surface area contributed by atoms with E-state index in [2.05, 4.69) is 59.5 Å². The summed E-state index contributed by atoms with van der Waals surface area (Å²) < 4.78 is 0. The van der Waals surface area contributed by atoms with Crippen LogP contribution in [-0.4, -0.2) is 9.97 Å². The summed E-state index contributed by atoms with van der Waals surface area (Å²) in [6.07, 6.45) is 7.35. The minimum atomic E-state index is -0.772. The maximum Gasteiger partial charge on any atom is 0.0737 e. The molecule has 2 heterocycles. The van der Waals surface area contributed by atoms with Gasteiger partial charge in [-0.1, -0.05) is 61.7 Å². The molecule has 0 aliphatic carbocycles. The maximum absolute atomic E-state index is 4.64. The predicted molar refractivity (Wildman–Crippen MR) is 101 cm³/mol. The lowest BCUT2D eigenvalue weighted by atomic mass is 10.2. The minimum absolute atomic E-state index is 0.772. The molecule has 0 N–H and O–H groups in total. The number of aromatic nitrogens is 2. The molecule has 0 radical (unpaired) electrons. The second kappa shape index (κ2) is 7.13. The molecule has 0 saturated heterocycles. The average molecular weight is 316 g/mol. The zero-order chi connectivity index (χ0) is 16.1. The zero-order valence-electron chi connectivity index (χ0n) is 12.8. The highest BCUT2D eigenvalue weighted by Crippen LogP contribution is 2.30. The number of rotatable bonds is 5. The Kier molecular flexibility index (Phi) is 4.75. The number of nitrogens with zero attached hydrogens (tertiary/aromatic N) is 2. The van der Waals surface area contributed by atoms with Gasteiger partial charge < -0.3 is 0 Å². The molecule has 0 bridgehead atoms. The van der Waals surface area contributed by atoms with E-state index >= 15 is 0 Å². The van der Waals surface area contributed by atoms with Gasteiger partial charge in [0.2, 0.25) is 0 Å². The van der Waals surface area contributed by atoms with Gasteiger partial charge in [0.05, 0.1) is 10.9 Å². The summed E-state index contributed by atoms with van der Waals surface area (Å²) in [5, 5.41) is 1.23. The van der Waals surface area contributed by atoms with Crippen LogP contribution in [0, 0.1) is 0 Å². The van der Waals surface area contributed by atoms with Gasteiger partial charge in [-0.25, -0.2) is 0 Å². The van der Waals surface area contributed by atoms with E-state index in [4.69, 9.17) is 0 Å². The third-order valence-corrected chi connectivity index (χ3v) is 5.76. The Hall–Kier alpha value is -2.57. The van der Waals surface area contributed by atoms with Crippen LogP contribution in [0.25, 0.3) is 12.2 Å². The first-order chi connectivity index (χ1) is 11.3. The fourth-order valence-electron chi connectivity index (χ4n) is 2.28. The molecule has 3 heteroatoms. The van der Waals surface area contributed by atoms with Crippen molar-refractivity contribution in [3.8, 4) is 0 Å². The van der Waals surface area contributed by atoms with E-state index in [0.717, 1.165) is 22.0 Å². The first-order valence-electron chi connectivity index (χ1n) is 7.34. The summed E-state index contributed by atoms with van der Waals surface area (Å²) >= 11 is 0. The topological polar surface area (TPSA) is 25.8 Å². The summed E-state index contributed by atoms with van der Waals surface area (Å²) in [6.45, 7) is 7.60. The van der Waals surface area contributed by atoms with Crippen molar-refractivity contribution in [2.45, 2.75) is 0 Å².